The molecule has 0 spiro atoms. The van der Waals surface area contributed by atoms with E-state index in [1.165, 1.54) is 0 Å². The van der Waals surface area contributed by atoms with Crippen LogP contribution in [0.1, 0.15) is 17.3 Å². The largest absolute Gasteiger partial charge is 0.389 e. The molecule has 0 fully saturated rings. The summed E-state index contributed by atoms with van der Waals surface area (Å²) >= 11 is 6.76. The monoisotopic (exact) mass is 308 g/mol. The highest BCUT2D eigenvalue weighted by atomic mass is 32.2. The first kappa shape index (κ1) is 14.8. The summed E-state index contributed by atoms with van der Waals surface area (Å²) in [7, 11) is 0. The molecule has 2 aromatic rings. The van der Waals surface area contributed by atoms with Gasteiger partial charge in [-0.2, -0.15) is 4.98 Å². The lowest BCUT2D eigenvalue weighted by Crippen LogP contribution is -2.16. The van der Waals surface area contributed by atoms with E-state index in [-0.39, 0.29) is 0 Å². The molecule has 106 valence electrons. The van der Waals surface area contributed by atoms with Crippen LogP contribution in [0.3, 0.4) is 0 Å². The molecule has 7 heteroatoms. The Hall–Kier alpha value is -1.60. The van der Waals surface area contributed by atoms with Gasteiger partial charge in [0.05, 0.1) is 0 Å². The minimum atomic E-state index is 0.396. The zero-order valence-electron chi connectivity index (χ0n) is 11.3. The third kappa shape index (κ3) is 3.49. The molecule has 2 rings (SSSR count). The summed E-state index contributed by atoms with van der Waals surface area (Å²) in [5, 5.41) is 7.18. The highest BCUT2D eigenvalue weighted by molar-refractivity contribution is 7.98. The lowest BCUT2D eigenvalue weighted by Gasteiger charge is -2.13. The number of hydrogen-bond acceptors (Lipinski definition) is 6. The molecule has 0 aliphatic rings. The van der Waals surface area contributed by atoms with E-state index in [9.17, 15) is 0 Å². The number of thiocarbonyl (C=S) groups is 1. The molecule has 0 unspecified atom stereocenters. The second kappa shape index (κ2) is 6.71. The third-order valence-corrected chi connectivity index (χ3v) is 3.71. The first-order chi connectivity index (χ1) is 9.61. The Kier molecular flexibility index (Phi) is 4.97. The van der Waals surface area contributed by atoms with Crippen LogP contribution in [-0.2, 0) is 6.42 Å². The molecular formula is C13H16N4OS2. The molecule has 1 aromatic heterocycles. The standard InChI is InChI=1S/C13H16N4OS2/c1-8-16-11(17-18-8)6-7-15-9-4-3-5-10(20-2)12(9)13(14)19/h3-5,15H,6-7H2,1-2H3,(H2,14,19). The smallest absolute Gasteiger partial charge is 0.223 e. The number of benzene rings is 1. The van der Waals surface area contributed by atoms with Gasteiger partial charge < -0.3 is 15.6 Å². The molecule has 0 aliphatic carbocycles. The van der Waals surface area contributed by atoms with Crippen molar-refractivity contribution >= 4 is 34.7 Å². The first-order valence-corrected chi connectivity index (χ1v) is 7.75. The third-order valence-electron chi connectivity index (χ3n) is 2.73. The minimum Gasteiger partial charge on any atom is -0.389 e. The lowest BCUT2D eigenvalue weighted by atomic mass is 10.1. The van der Waals surface area contributed by atoms with E-state index < -0.39 is 0 Å². The second-order valence-electron chi connectivity index (χ2n) is 4.15. The van der Waals surface area contributed by atoms with Gasteiger partial charge in [0.2, 0.25) is 5.89 Å². The Morgan fingerprint density at radius 2 is 2.30 bits per heavy atom. The topological polar surface area (TPSA) is 77.0 Å². The van der Waals surface area contributed by atoms with Crippen LogP contribution < -0.4 is 11.1 Å². The fourth-order valence-corrected chi connectivity index (χ4v) is 2.78. The highest BCUT2D eigenvalue weighted by Gasteiger charge is 2.10. The Labute approximate surface area is 127 Å². The second-order valence-corrected chi connectivity index (χ2v) is 5.44. The Morgan fingerprint density at radius 1 is 1.50 bits per heavy atom. The average molecular weight is 308 g/mol. The molecule has 0 aliphatic heterocycles. The predicted octanol–water partition coefficient (Wildman–Crippen LogP) is 2.39. The average Bonchev–Trinajstić information content (AvgIpc) is 2.83. The first-order valence-electron chi connectivity index (χ1n) is 6.11. The van der Waals surface area contributed by atoms with Gasteiger partial charge in [0.1, 0.15) is 4.99 Å². The summed E-state index contributed by atoms with van der Waals surface area (Å²) in [6.45, 7) is 2.46. The maximum Gasteiger partial charge on any atom is 0.223 e. The molecule has 20 heavy (non-hydrogen) atoms. The molecule has 5 nitrogen and oxygen atoms in total. The van der Waals surface area contributed by atoms with Crippen LogP contribution >= 0.6 is 24.0 Å². The summed E-state index contributed by atoms with van der Waals surface area (Å²) in [6.07, 6.45) is 2.68. The van der Waals surface area contributed by atoms with E-state index in [1.54, 1.807) is 18.7 Å². The number of nitrogens with two attached hydrogens (primary N) is 1. The van der Waals surface area contributed by atoms with Crippen molar-refractivity contribution in [2.24, 2.45) is 5.73 Å². The Bertz CT molecular complexity index is 612. The predicted molar refractivity (Wildman–Crippen MR) is 85.3 cm³/mol. The highest BCUT2D eigenvalue weighted by Crippen LogP contribution is 2.27. The van der Waals surface area contributed by atoms with E-state index in [0.29, 0.717) is 29.7 Å². The van der Waals surface area contributed by atoms with Crippen molar-refractivity contribution in [2.45, 2.75) is 18.2 Å². The fourth-order valence-electron chi connectivity index (χ4n) is 1.85. The zero-order valence-corrected chi connectivity index (χ0v) is 13.0. The number of aromatic nitrogens is 2. The van der Waals surface area contributed by atoms with Crippen molar-refractivity contribution in [1.29, 1.82) is 0 Å². The quantitative estimate of drug-likeness (QED) is 0.626. The van der Waals surface area contributed by atoms with Crippen molar-refractivity contribution in [3.8, 4) is 0 Å². The number of rotatable bonds is 6. The molecule has 0 atom stereocenters. The SMILES string of the molecule is CSc1cccc(NCCc2noc(C)n2)c1C(N)=S. The van der Waals surface area contributed by atoms with Gasteiger partial charge in [0, 0.05) is 36.0 Å². The summed E-state index contributed by atoms with van der Waals surface area (Å²) in [6, 6.07) is 5.96. The maximum absolute atomic E-state index is 5.82. The summed E-state index contributed by atoms with van der Waals surface area (Å²) < 4.78 is 4.93. The van der Waals surface area contributed by atoms with E-state index in [0.717, 1.165) is 16.1 Å². The van der Waals surface area contributed by atoms with Crippen molar-refractivity contribution in [3.05, 3.63) is 35.5 Å². The Balaban J connectivity index is 2.07. The number of nitrogens with zero attached hydrogens (tertiary/aromatic N) is 2. The maximum atomic E-state index is 5.82. The number of hydrogen-bond donors (Lipinski definition) is 2. The van der Waals surface area contributed by atoms with E-state index in [4.69, 9.17) is 22.5 Å². The fraction of sp³-hybridized carbons (Fsp3) is 0.308. The van der Waals surface area contributed by atoms with Crippen LogP contribution in [-0.4, -0.2) is 27.9 Å². The molecule has 0 amide bonds. The molecular weight excluding hydrogens is 292 g/mol. The van der Waals surface area contributed by atoms with Gasteiger partial charge in [-0.15, -0.1) is 11.8 Å². The van der Waals surface area contributed by atoms with Gasteiger partial charge in [-0.25, -0.2) is 0 Å². The number of nitrogens with one attached hydrogen (secondary N) is 1. The van der Waals surface area contributed by atoms with Crippen molar-refractivity contribution in [2.75, 3.05) is 18.1 Å². The van der Waals surface area contributed by atoms with Gasteiger partial charge in [0.15, 0.2) is 5.82 Å². The Morgan fingerprint density at radius 3 is 2.90 bits per heavy atom. The van der Waals surface area contributed by atoms with Crippen LogP contribution in [0.15, 0.2) is 27.6 Å². The van der Waals surface area contributed by atoms with Gasteiger partial charge in [-0.1, -0.05) is 23.4 Å². The normalized spacial score (nSPS) is 10.5. The number of aryl methyl sites for hydroxylation is 1. The van der Waals surface area contributed by atoms with Gasteiger partial charge in [-0.05, 0) is 18.4 Å². The van der Waals surface area contributed by atoms with E-state index >= 15 is 0 Å². The zero-order chi connectivity index (χ0) is 14.5. The van der Waals surface area contributed by atoms with Crippen molar-refractivity contribution in [3.63, 3.8) is 0 Å². The molecule has 0 radical (unpaired) electrons. The van der Waals surface area contributed by atoms with Gasteiger partial charge >= 0.3 is 0 Å². The number of thioether (sulfide) groups is 1. The van der Waals surface area contributed by atoms with E-state index in [2.05, 4.69) is 15.5 Å². The van der Waals surface area contributed by atoms with Crippen LogP contribution in [0.25, 0.3) is 0 Å². The van der Waals surface area contributed by atoms with Gasteiger partial charge in [-0.3, -0.25) is 0 Å². The van der Waals surface area contributed by atoms with Crippen LogP contribution in [0, 0.1) is 6.92 Å². The van der Waals surface area contributed by atoms with Crippen LogP contribution in [0.5, 0.6) is 0 Å². The minimum absolute atomic E-state index is 0.396. The lowest BCUT2D eigenvalue weighted by molar-refractivity contribution is 0.387. The molecule has 1 aromatic carbocycles. The molecule has 0 bridgehead atoms. The summed E-state index contributed by atoms with van der Waals surface area (Å²) in [4.78, 5) is 5.62. The summed E-state index contributed by atoms with van der Waals surface area (Å²) in [5.74, 6) is 1.26. The van der Waals surface area contributed by atoms with Crippen LogP contribution in [0.4, 0.5) is 5.69 Å². The van der Waals surface area contributed by atoms with E-state index in [1.807, 2.05) is 24.5 Å². The van der Waals surface area contributed by atoms with Crippen molar-refractivity contribution < 1.29 is 4.52 Å². The molecule has 3 N–H and O–H groups in total. The molecule has 1 heterocycles. The van der Waals surface area contributed by atoms with Crippen molar-refractivity contribution in [1.82, 2.24) is 10.1 Å². The van der Waals surface area contributed by atoms with Crippen LogP contribution in [0.2, 0.25) is 0 Å². The summed E-state index contributed by atoms with van der Waals surface area (Å²) in [5.41, 5.74) is 7.64. The molecule has 0 saturated heterocycles. The van der Waals surface area contributed by atoms with Gasteiger partial charge in [0.25, 0.3) is 0 Å². The molecule has 0 saturated carbocycles. The number of anilines is 1.